The molecule has 0 aromatic heterocycles. The van der Waals surface area contributed by atoms with Gasteiger partial charge < -0.3 is 15.0 Å². The maximum absolute atomic E-state index is 12.7. The van der Waals surface area contributed by atoms with Gasteiger partial charge in [0.15, 0.2) is 0 Å². The summed E-state index contributed by atoms with van der Waals surface area (Å²) in [6, 6.07) is 14.0. The standard InChI is InChI=1S/C21H25N3O4S/c1-17-6-8-20(9-7-17)29(26,27)24-14-12-23(13-15-24)21(25)22-11-10-18-4-3-5-19(16-18)28-2/h3-11,16H,12-15H2,1-2H3,(H,22,25)/b11-10+. The summed E-state index contributed by atoms with van der Waals surface area (Å²) < 4.78 is 32.1. The number of carbonyl (C=O) groups is 1. The van der Waals surface area contributed by atoms with E-state index < -0.39 is 10.0 Å². The van der Waals surface area contributed by atoms with Gasteiger partial charge in [-0.3, -0.25) is 0 Å². The number of sulfonamides is 1. The van der Waals surface area contributed by atoms with Crippen LogP contribution in [0.5, 0.6) is 5.75 Å². The first-order valence-corrected chi connectivity index (χ1v) is 10.8. The number of methoxy groups -OCH3 is 1. The van der Waals surface area contributed by atoms with E-state index >= 15 is 0 Å². The Morgan fingerprint density at radius 3 is 2.41 bits per heavy atom. The van der Waals surface area contributed by atoms with E-state index in [2.05, 4.69) is 5.32 Å². The third-order valence-electron chi connectivity index (χ3n) is 4.76. The molecule has 0 aliphatic carbocycles. The molecule has 2 aromatic carbocycles. The molecule has 1 aliphatic heterocycles. The van der Waals surface area contributed by atoms with Crippen LogP contribution in [0.3, 0.4) is 0 Å². The Labute approximate surface area is 171 Å². The number of nitrogens with one attached hydrogen (secondary N) is 1. The molecule has 7 nitrogen and oxygen atoms in total. The molecule has 0 unspecified atom stereocenters. The van der Waals surface area contributed by atoms with Crippen molar-refractivity contribution in [3.05, 3.63) is 65.9 Å². The fourth-order valence-electron chi connectivity index (χ4n) is 3.04. The molecule has 8 heteroatoms. The zero-order valence-corrected chi connectivity index (χ0v) is 17.4. The van der Waals surface area contributed by atoms with Gasteiger partial charge in [0.05, 0.1) is 12.0 Å². The maximum Gasteiger partial charge on any atom is 0.321 e. The molecule has 1 aliphatic rings. The minimum absolute atomic E-state index is 0.253. The lowest BCUT2D eigenvalue weighted by atomic mass is 10.2. The van der Waals surface area contributed by atoms with E-state index in [-0.39, 0.29) is 24.0 Å². The number of hydrogen-bond acceptors (Lipinski definition) is 4. The van der Waals surface area contributed by atoms with Crippen LogP contribution in [0.25, 0.3) is 6.08 Å². The zero-order valence-electron chi connectivity index (χ0n) is 16.5. The molecular formula is C21H25N3O4S. The second-order valence-electron chi connectivity index (χ2n) is 6.76. The van der Waals surface area contributed by atoms with Crippen LogP contribution in [-0.4, -0.2) is 56.9 Å². The minimum atomic E-state index is -3.54. The maximum atomic E-state index is 12.7. The molecule has 1 N–H and O–H groups in total. The summed E-state index contributed by atoms with van der Waals surface area (Å²) in [5.41, 5.74) is 1.91. The van der Waals surface area contributed by atoms with Crippen LogP contribution in [0.1, 0.15) is 11.1 Å². The normalized spacial score (nSPS) is 15.4. The molecule has 0 spiro atoms. The van der Waals surface area contributed by atoms with E-state index in [9.17, 15) is 13.2 Å². The molecule has 1 saturated heterocycles. The third kappa shape index (κ3) is 5.16. The largest absolute Gasteiger partial charge is 0.497 e. The highest BCUT2D eigenvalue weighted by atomic mass is 32.2. The predicted octanol–water partition coefficient (Wildman–Crippen LogP) is 2.69. The van der Waals surface area contributed by atoms with Crippen molar-refractivity contribution in [2.75, 3.05) is 33.3 Å². The fourth-order valence-corrected chi connectivity index (χ4v) is 4.46. The molecule has 0 saturated carbocycles. The van der Waals surface area contributed by atoms with Crippen molar-refractivity contribution >= 4 is 22.1 Å². The van der Waals surface area contributed by atoms with E-state index in [0.29, 0.717) is 13.1 Å². The van der Waals surface area contributed by atoms with Crippen molar-refractivity contribution in [3.63, 3.8) is 0 Å². The molecule has 0 bridgehead atoms. The lowest BCUT2D eigenvalue weighted by molar-refractivity contribution is 0.175. The van der Waals surface area contributed by atoms with Crippen LogP contribution >= 0.6 is 0 Å². The summed E-state index contributed by atoms with van der Waals surface area (Å²) in [6.07, 6.45) is 3.35. The van der Waals surface area contributed by atoms with Crippen molar-refractivity contribution in [3.8, 4) is 5.75 Å². The lowest BCUT2D eigenvalue weighted by Gasteiger charge is -2.33. The number of nitrogens with zero attached hydrogens (tertiary/aromatic N) is 2. The minimum Gasteiger partial charge on any atom is -0.497 e. The highest BCUT2D eigenvalue weighted by Gasteiger charge is 2.29. The van der Waals surface area contributed by atoms with Gasteiger partial charge in [-0.1, -0.05) is 29.8 Å². The predicted molar refractivity (Wildman–Crippen MR) is 112 cm³/mol. The van der Waals surface area contributed by atoms with Crippen LogP contribution in [0.15, 0.2) is 59.6 Å². The molecule has 0 atom stereocenters. The van der Waals surface area contributed by atoms with Crippen molar-refractivity contribution in [2.24, 2.45) is 0 Å². The second kappa shape index (κ2) is 9.11. The van der Waals surface area contributed by atoms with Crippen molar-refractivity contribution in [1.82, 2.24) is 14.5 Å². The first kappa shape index (κ1) is 20.9. The quantitative estimate of drug-likeness (QED) is 0.814. The van der Waals surface area contributed by atoms with E-state index in [0.717, 1.165) is 16.9 Å². The molecule has 0 radical (unpaired) electrons. The first-order valence-electron chi connectivity index (χ1n) is 9.33. The molecular weight excluding hydrogens is 390 g/mol. The van der Waals surface area contributed by atoms with Crippen molar-refractivity contribution < 1.29 is 17.9 Å². The van der Waals surface area contributed by atoms with Crippen LogP contribution in [0.2, 0.25) is 0 Å². The van der Waals surface area contributed by atoms with Crippen molar-refractivity contribution in [2.45, 2.75) is 11.8 Å². The number of amides is 2. The zero-order chi connectivity index (χ0) is 20.9. The molecule has 1 heterocycles. The number of piperazine rings is 1. The lowest BCUT2D eigenvalue weighted by Crippen LogP contribution is -2.52. The highest BCUT2D eigenvalue weighted by molar-refractivity contribution is 7.89. The van der Waals surface area contributed by atoms with Crippen LogP contribution in [0.4, 0.5) is 4.79 Å². The van der Waals surface area contributed by atoms with E-state index in [4.69, 9.17) is 4.74 Å². The SMILES string of the molecule is COc1cccc(/C=C/NC(=O)N2CCN(S(=O)(=O)c3ccc(C)cc3)CC2)c1. The summed E-state index contributed by atoms with van der Waals surface area (Å²) in [7, 11) is -1.94. The van der Waals surface area contributed by atoms with Crippen LogP contribution in [0, 0.1) is 6.92 Å². The molecule has 2 aromatic rings. The van der Waals surface area contributed by atoms with Gasteiger partial charge in [0.2, 0.25) is 10.0 Å². The Hall–Kier alpha value is -2.84. The van der Waals surface area contributed by atoms with Crippen LogP contribution < -0.4 is 10.1 Å². The molecule has 2 amide bonds. The van der Waals surface area contributed by atoms with E-state index in [1.807, 2.05) is 31.2 Å². The number of benzene rings is 2. The van der Waals surface area contributed by atoms with Crippen LogP contribution in [-0.2, 0) is 10.0 Å². The van der Waals surface area contributed by atoms with Crippen molar-refractivity contribution in [1.29, 1.82) is 0 Å². The molecule has 1 fully saturated rings. The summed E-state index contributed by atoms with van der Waals surface area (Å²) in [5.74, 6) is 0.740. The Bertz CT molecular complexity index is 979. The van der Waals surface area contributed by atoms with Gasteiger partial charge in [0.1, 0.15) is 5.75 Å². The van der Waals surface area contributed by atoms with Gasteiger partial charge in [-0.05, 0) is 42.8 Å². The van der Waals surface area contributed by atoms with E-state index in [1.165, 1.54) is 4.31 Å². The summed E-state index contributed by atoms with van der Waals surface area (Å²) >= 11 is 0. The van der Waals surface area contributed by atoms with Gasteiger partial charge in [0, 0.05) is 32.4 Å². The Morgan fingerprint density at radius 2 is 1.76 bits per heavy atom. The number of ether oxygens (including phenoxy) is 1. The summed E-state index contributed by atoms with van der Waals surface area (Å²) in [6.45, 7) is 3.12. The van der Waals surface area contributed by atoms with Gasteiger partial charge >= 0.3 is 6.03 Å². The van der Waals surface area contributed by atoms with Gasteiger partial charge in [-0.2, -0.15) is 4.31 Å². The Balaban J connectivity index is 1.54. The topological polar surface area (TPSA) is 79.0 Å². The van der Waals surface area contributed by atoms with E-state index in [1.54, 1.807) is 48.6 Å². The fraction of sp³-hybridized carbons (Fsp3) is 0.286. The highest BCUT2D eigenvalue weighted by Crippen LogP contribution is 2.18. The molecule has 29 heavy (non-hydrogen) atoms. The smallest absolute Gasteiger partial charge is 0.321 e. The molecule has 3 rings (SSSR count). The molecule has 154 valence electrons. The van der Waals surface area contributed by atoms with Gasteiger partial charge in [-0.15, -0.1) is 0 Å². The van der Waals surface area contributed by atoms with Gasteiger partial charge in [-0.25, -0.2) is 13.2 Å². The summed E-state index contributed by atoms with van der Waals surface area (Å²) in [4.78, 5) is 14.2. The number of hydrogen-bond donors (Lipinski definition) is 1. The monoisotopic (exact) mass is 415 g/mol. The Morgan fingerprint density at radius 1 is 1.07 bits per heavy atom. The van der Waals surface area contributed by atoms with Gasteiger partial charge in [0.25, 0.3) is 0 Å². The number of carbonyl (C=O) groups excluding carboxylic acids is 1. The summed E-state index contributed by atoms with van der Waals surface area (Å²) in [5, 5.41) is 2.73. The first-order chi connectivity index (χ1) is 13.9. The average Bonchev–Trinajstić information content (AvgIpc) is 2.74. The number of urea groups is 1. The Kier molecular flexibility index (Phi) is 6.56. The number of rotatable bonds is 5. The number of aryl methyl sites for hydroxylation is 1. The average molecular weight is 416 g/mol. The second-order valence-corrected chi connectivity index (χ2v) is 8.70. The third-order valence-corrected chi connectivity index (χ3v) is 6.67.